The summed E-state index contributed by atoms with van der Waals surface area (Å²) >= 11 is 5.09. The summed E-state index contributed by atoms with van der Waals surface area (Å²) < 4.78 is 1.09. The molecule has 0 amide bonds. The van der Waals surface area contributed by atoms with E-state index in [2.05, 4.69) is 33.0 Å². The first kappa shape index (κ1) is 10.8. The highest BCUT2D eigenvalue weighted by Crippen LogP contribution is 2.28. The summed E-state index contributed by atoms with van der Waals surface area (Å²) in [5, 5.41) is 0. The summed E-state index contributed by atoms with van der Waals surface area (Å²) in [5.41, 5.74) is 9.74. The van der Waals surface area contributed by atoms with Crippen molar-refractivity contribution in [3.05, 3.63) is 39.9 Å². The van der Waals surface area contributed by atoms with Gasteiger partial charge in [0.25, 0.3) is 0 Å². The van der Waals surface area contributed by atoms with Crippen LogP contribution in [0.5, 0.6) is 0 Å². The molecule has 0 unspecified atom stereocenters. The lowest BCUT2D eigenvalue weighted by Gasteiger charge is -2.01. The van der Waals surface area contributed by atoms with E-state index in [9.17, 15) is 0 Å². The van der Waals surface area contributed by atoms with Gasteiger partial charge in [-0.2, -0.15) is 0 Å². The molecule has 2 aromatic rings. The lowest BCUT2D eigenvalue weighted by molar-refractivity contribution is 0.937. The molecule has 15 heavy (non-hydrogen) atoms. The molecule has 0 aliphatic heterocycles. The molecule has 0 bridgehead atoms. The first-order valence-corrected chi connectivity index (χ1v) is 6.37. The van der Waals surface area contributed by atoms with Gasteiger partial charge in [-0.1, -0.05) is 28.1 Å². The second-order valence-corrected chi connectivity index (χ2v) is 4.94. The van der Waals surface area contributed by atoms with E-state index in [1.807, 2.05) is 17.6 Å². The van der Waals surface area contributed by atoms with Crippen LogP contribution in [0, 0.1) is 0 Å². The molecule has 0 saturated carbocycles. The van der Waals surface area contributed by atoms with Crippen LogP contribution in [0.3, 0.4) is 0 Å². The molecule has 0 saturated heterocycles. The van der Waals surface area contributed by atoms with E-state index in [4.69, 9.17) is 5.73 Å². The number of thiazole rings is 1. The zero-order valence-electron chi connectivity index (χ0n) is 8.11. The minimum absolute atomic E-state index is 0.646. The molecule has 4 heteroatoms. The van der Waals surface area contributed by atoms with E-state index >= 15 is 0 Å². The van der Waals surface area contributed by atoms with Gasteiger partial charge >= 0.3 is 0 Å². The predicted molar refractivity (Wildman–Crippen MR) is 68.0 cm³/mol. The maximum absolute atomic E-state index is 5.55. The van der Waals surface area contributed by atoms with E-state index < -0.39 is 0 Å². The van der Waals surface area contributed by atoms with Crippen LogP contribution in [-0.4, -0.2) is 11.5 Å². The van der Waals surface area contributed by atoms with Gasteiger partial charge in [-0.05, 0) is 24.2 Å². The van der Waals surface area contributed by atoms with Crippen molar-refractivity contribution < 1.29 is 0 Å². The predicted octanol–water partition coefficient (Wildman–Crippen LogP) is 3.07. The molecule has 0 aliphatic rings. The van der Waals surface area contributed by atoms with Gasteiger partial charge < -0.3 is 5.73 Å². The van der Waals surface area contributed by atoms with Crippen LogP contribution in [0.1, 0.15) is 5.69 Å². The second-order valence-electron chi connectivity index (χ2n) is 3.17. The van der Waals surface area contributed by atoms with E-state index in [0.717, 1.165) is 16.6 Å². The molecule has 78 valence electrons. The van der Waals surface area contributed by atoms with Crippen LogP contribution < -0.4 is 5.73 Å². The van der Waals surface area contributed by atoms with Crippen molar-refractivity contribution in [3.8, 4) is 10.4 Å². The minimum atomic E-state index is 0.646. The highest BCUT2D eigenvalue weighted by atomic mass is 79.9. The average molecular weight is 283 g/mol. The van der Waals surface area contributed by atoms with Gasteiger partial charge in [0, 0.05) is 10.9 Å². The minimum Gasteiger partial charge on any atom is -0.330 e. The number of hydrogen-bond donors (Lipinski definition) is 1. The van der Waals surface area contributed by atoms with Crippen LogP contribution in [0.4, 0.5) is 0 Å². The Bertz CT molecular complexity index is 436. The fourth-order valence-electron chi connectivity index (χ4n) is 1.42. The summed E-state index contributed by atoms with van der Waals surface area (Å²) in [6.07, 6.45) is 0.842. The maximum atomic E-state index is 5.55. The van der Waals surface area contributed by atoms with Crippen molar-refractivity contribution >= 4 is 27.3 Å². The Hall–Kier alpha value is -0.710. The molecule has 1 aromatic heterocycles. The Kier molecular flexibility index (Phi) is 3.51. The zero-order valence-corrected chi connectivity index (χ0v) is 10.5. The van der Waals surface area contributed by atoms with Gasteiger partial charge in [0.05, 0.1) is 16.1 Å². The number of hydrogen-bond acceptors (Lipinski definition) is 3. The van der Waals surface area contributed by atoms with Gasteiger partial charge in [-0.3, -0.25) is 0 Å². The molecular formula is C11H11BrN2S. The summed E-state index contributed by atoms with van der Waals surface area (Å²) in [6, 6.07) is 8.28. The average Bonchev–Trinajstić information content (AvgIpc) is 2.68. The van der Waals surface area contributed by atoms with Crippen molar-refractivity contribution in [2.45, 2.75) is 6.42 Å². The second kappa shape index (κ2) is 4.88. The monoisotopic (exact) mass is 282 g/mol. The summed E-state index contributed by atoms with van der Waals surface area (Å²) in [6.45, 7) is 0.646. The number of halogens is 1. The molecular weight excluding hydrogens is 272 g/mol. The SMILES string of the molecule is NCCc1ncsc1-c1ccc(Br)cc1. The summed E-state index contributed by atoms with van der Waals surface area (Å²) in [4.78, 5) is 5.56. The van der Waals surface area contributed by atoms with Crippen molar-refractivity contribution in [1.82, 2.24) is 4.98 Å². The molecule has 2 nitrogen and oxygen atoms in total. The van der Waals surface area contributed by atoms with Gasteiger partial charge in [-0.15, -0.1) is 11.3 Å². The van der Waals surface area contributed by atoms with Gasteiger partial charge in [0.1, 0.15) is 0 Å². The number of benzene rings is 1. The van der Waals surface area contributed by atoms with Crippen LogP contribution in [-0.2, 0) is 6.42 Å². The van der Waals surface area contributed by atoms with Crippen molar-refractivity contribution in [3.63, 3.8) is 0 Å². The van der Waals surface area contributed by atoms with Crippen LogP contribution >= 0.6 is 27.3 Å². The van der Waals surface area contributed by atoms with E-state index in [0.29, 0.717) is 6.54 Å². The Morgan fingerprint density at radius 2 is 2.00 bits per heavy atom. The largest absolute Gasteiger partial charge is 0.330 e. The number of rotatable bonds is 3. The molecule has 0 radical (unpaired) electrons. The molecule has 1 aromatic carbocycles. The third-order valence-corrected chi connectivity index (χ3v) is 3.58. The Labute approximate surface area is 101 Å². The van der Waals surface area contributed by atoms with Crippen LogP contribution in [0.2, 0.25) is 0 Å². The maximum Gasteiger partial charge on any atom is 0.0801 e. The van der Waals surface area contributed by atoms with Crippen molar-refractivity contribution in [2.75, 3.05) is 6.54 Å². The van der Waals surface area contributed by atoms with Crippen molar-refractivity contribution in [2.24, 2.45) is 5.73 Å². The lowest BCUT2D eigenvalue weighted by atomic mass is 10.1. The fraction of sp³-hybridized carbons (Fsp3) is 0.182. The normalized spacial score (nSPS) is 10.5. The Morgan fingerprint density at radius 3 is 2.67 bits per heavy atom. The van der Waals surface area contributed by atoms with Gasteiger partial charge in [-0.25, -0.2) is 4.98 Å². The molecule has 2 rings (SSSR count). The summed E-state index contributed by atoms with van der Waals surface area (Å²) in [7, 11) is 0. The third-order valence-electron chi connectivity index (χ3n) is 2.13. The standard InChI is InChI=1S/C11H11BrN2S/c12-9-3-1-8(2-4-9)11-10(5-6-13)14-7-15-11/h1-4,7H,5-6,13H2. The molecule has 0 aliphatic carbocycles. The highest BCUT2D eigenvalue weighted by molar-refractivity contribution is 9.10. The van der Waals surface area contributed by atoms with Crippen molar-refractivity contribution in [1.29, 1.82) is 0 Å². The first-order chi connectivity index (χ1) is 7.31. The lowest BCUT2D eigenvalue weighted by Crippen LogP contribution is -2.03. The van der Waals surface area contributed by atoms with E-state index in [1.54, 1.807) is 11.3 Å². The molecule has 2 N–H and O–H groups in total. The first-order valence-electron chi connectivity index (χ1n) is 4.69. The number of nitrogens with two attached hydrogens (primary N) is 1. The molecule has 0 atom stereocenters. The quantitative estimate of drug-likeness (QED) is 0.940. The van der Waals surface area contributed by atoms with Gasteiger partial charge in [0.2, 0.25) is 0 Å². The summed E-state index contributed by atoms with van der Waals surface area (Å²) in [5.74, 6) is 0. The molecule has 0 fully saturated rings. The highest BCUT2D eigenvalue weighted by Gasteiger charge is 2.07. The van der Waals surface area contributed by atoms with E-state index in [-0.39, 0.29) is 0 Å². The van der Waals surface area contributed by atoms with Crippen LogP contribution in [0.15, 0.2) is 34.2 Å². The topological polar surface area (TPSA) is 38.9 Å². The smallest absolute Gasteiger partial charge is 0.0801 e. The Morgan fingerprint density at radius 1 is 1.27 bits per heavy atom. The zero-order chi connectivity index (χ0) is 10.7. The van der Waals surface area contributed by atoms with Gasteiger partial charge in [0.15, 0.2) is 0 Å². The van der Waals surface area contributed by atoms with Crippen LogP contribution in [0.25, 0.3) is 10.4 Å². The number of nitrogens with zero attached hydrogens (tertiary/aromatic N) is 1. The number of aromatic nitrogens is 1. The molecule has 0 spiro atoms. The Balaban J connectivity index is 2.36. The molecule has 1 heterocycles. The fourth-order valence-corrected chi connectivity index (χ4v) is 2.53. The third kappa shape index (κ3) is 2.45. The van der Waals surface area contributed by atoms with E-state index in [1.165, 1.54) is 10.4 Å².